The fraction of sp³-hybridized carbons (Fsp3) is 0.955. The summed E-state index contributed by atoms with van der Waals surface area (Å²) >= 11 is 0. The molecule has 0 radical (unpaired) electrons. The summed E-state index contributed by atoms with van der Waals surface area (Å²) in [5.74, 6) is 6.24. The SMILES string of the molecule is CCCCCCCCC#CCCCCCCCC(=O)N[C@H]1[C@H](OC[C@H]2O[C@@H](OP(=O)(O)O)[C@H](OCCCCCCCCCCCC)[C@@H](OCCCCCCCCCCCC)[C@@H]2O)O[C@H](COC)[C@@H](OP(=O)(O)O)[C@@H]1OCC[C@@H](CCCCCCC)OC. The van der Waals surface area contributed by atoms with Crippen LogP contribution in [0, 0.1) is 11.8 Å². The topological polar surface area (TPSA) is 257 Å². The molecule has 1 amide bonds. The van der Waals surface area contributed by atoms with Gasteiger partial charge in [-0.3, -0.25) is 13.8 Å². The predicted octanol–water partition coefficient (Wildman–Crippen LogP) is 14.8. The van der Waals surface area contributed by atoms with E-state index in [2.05, 4.69) is 44.9 Å². The van der Waals surface area contributed by atoms with Crippen molar-refractivity contribution in [3.05, 3.63) is 0 Å². The quantitative estimate of drug-likeness (QED) is 0.0188. The lowest BCUT2D eigenvalue weighted by atomic mass is 9.95. The number of ether oxygens (including phenoxy) is 8. The van der Waals surface area contributed by atoms with Gasteiger partial charge in [0.1, 0.15) is 48.8 Å². The highest BCUT2D eigenvalue weighted by molar-refractivity contribution is 7.46. The van der Waals surface area contributed by atoms with Gasteiger partial charge in [-0.05, 0) is 44.9 Å². The van der Waals surface area contributed by atoms with E-state index in [1.54, 1.807) is 7.11 Å². The number of aliphatic hydroxyl groups excluding tert-OH is 1. The summed E-state index contributed by atoms with van der Waals surface area (Å²) in [6.07, 6.45) is 29.7. The Labute approximate surface area is 527 Å². The third kappa shape index (κ3) is 41.3. The Bertz CT molecular complexity index is 1780. The van der Waals surface area contributed by atoms with Crippen LogP contribution in [0.4, 0.5) is 0 Å². The number of phosphoric ester groups is 2. The van der Waals surface area contributed by atoms with Gasteiger partial charge >= 0.3 is 15.6 Å². The minimum absolute atomic E-state index is 0.0474. The van der Waals surface area contributed by atoms with Crippen LogP contribution in [0.1, 0.15) is 291 Å². The third-order valence-electron chi connectivity index (χ3n) is 16.7. The molecular formula is C66H127NO18P2. The first-order valence-corrected chi connectivity index (χ1v) is 37.9. The minimum Gasteiger partial charge on any atom is -0.387 e. The van der Waals surface area contributed by atoms with Gasteiger partial charge in [0, 0.05) is 53.3 Å². The lowest BCUT2D eigenvalue weighted by Crippen LogP contribution is -2.67. The van der Waals surface area contributed by atoms with Gasteiger partial charge in [0.2, 0.25) is 5.91 Å². The number of hydrogen-bond donors (Lipinski definition) is 6. The Hall–Kier alpha value is -1.11. The number of unbranched alkanes of at least 4 members (excludes halogenated alkanes) is 33. The van der Waals surface area contributed by atoms with E-state index in [1.165, 1.54) is 103 Å². The second-order valence-electron chi connectivity index (χ2n) is 24.5. The molecule has 0 unspecified atom stereocenters. The molecule has 0 aromatic heterocycles. The van der Waals surface area contributed by atoms with Crippen LogP contribution >= 0.6 is 15.6 Å². The Morgan fingerprint density at radius 2 is 0.885 bits per heavy atom. The van der Waals surface area contributed by atoms with E-state index in [4.69, 9.17) is 46.9 Å². The number of nitrogens with one attached hydrogen (secondary N) is 1. The molecule has 2 aliphatic rings. The van der Waals surface area contributed by atoms with Crippen molar-refractivity contribution in [2.75, 3.05) is 47.3 Å². The molecule has 2 fully saturated rings. The summed E-state index contributed by atoms with van der Waals surface area (Å²) in [5.41, 5.74) is 0. The lowest BCUT2D eigenvalue weighted by molar-refractivity contribution is -0.319. The molecule has 0 saturated carbocycles. The monoisotopic (exact) mass is 1280 g/mol. The van der Waals surface area contributed by atoms with E-state index in [0.717, 1.165) is 135 Å². The van der Waals surface area contributed by atoms with Crippen LogP contribution in [0.2, 0.25) is 0 Å². The summed E-state index contributed by atoms with van der Waals surface area (Å²) in [4.78, 5) is 55.3. The summed E-state index contributed by atoms with van der Waals surface area (Å²) in [7, 11) is -7.43. The number of methoxy groups -OCH3 is 2. The number of carbonyl (C=O) groups is 1. The van der Waals surface area contributed by atoms with Gasteiger partial charge in [-0.25, -0.2) is 9.13 Å². The summed E-state index contributed by atoms with van der Waals surface area (Å²) in [6.45, 7) is 8.56. The van der Waals surface area contributed by atoms with Crippen molar-refractivity contribution in [2.24, 2.45) is 0 Å². The maximum Gasteiger partial charge on any atom is 0.472 e. The molecule has 2 heterocycles. The summed E-state index contributed by atoms with van der Waals surface area (Å²) in [6, 6.07) is -1.25. The first kappa shape index (κ1) is 82.0. The van der Waals surface area contributed by atoms with Gasteiger partial charge in [0.25, 0.3) is 0 Å². The molecule has 87 heavy (non-hydrogen) atoms. The highest BCUT2D eigenvalue weighted by Crippen LogP contribution is 2.44. The molecule has 0 bridgehead atoms. The third-order valence-corrected chi connectivity index (χ3v) is 17.7. The molecule has 514 valence electrons. The van der Waals surface area contributed by atoms with E-state index in [9.17, 15) is 38.6 Å². The van der Waals surface area contributed by atoms with Gasteiger partial charge in [0.15, 0.2) is 12.6 Å². The highest BCUT2D eigenvalue weighted by Gasteiger charge is 2.53. The van der Waals surface area contributed by atoms with E-state index < -0.39 is 83.6 Å². The zero-order valence-electron chi connectivity index (χ0n) is 55.3. The molecule has 2 rings (SSSR count). The Kier molecular flexibility index (Phi) is 50.2. The second-order valence-corrected chi connectivity index (χ2v) is 26.9. The largest absolute Gasteiger partial charge is 0.472 e. The number of hydrogen-bond acceptors (Lipinski definition) is 14. The van der Waals surface area contributed by atoms with Gasteiger partial charge in [-0.1, -0.05) is 227 Å². The average Bonchev–Trinajstić information content (AvgIpc) is 1.19. The maximum atomic E-state index is 14.1. The zero-order chi connectivity index (χ0) is 63.6. The lowest BCUT2D eigenvalue weighted by Gasteiger charge is -2.47. The van der Waals surface area contributed by atoms with Crippen LogP contribution in [-0.4, -0.2) is 145 Å². The van der Waals surface area contributed by atoms with Gasteiger partial charge in [-0.15, -0.1) is 11.8 Å². The molecule has 2 saturated heterocycles. The van der Waals surface area contributed by atoms with E-state index in [0.29, 0.717) is 25.7 Å². The van der Waals surface area contributed by atoms with Crippen LogP contribution in [0.5, 0.6) is 0 Å². The smallest absolute Gasteiger partial charge is 0.387 e. The normalized spacial score (nSPS) is 23.0. The van der Waals surface area contributed by atoms with E-state index >= 15 is 0 Å². The number of amides is 1. The predicted molar refractivity (Wildman–Crippen MR) is 343 cm³/mol. The number of aliphatic hydroxyl groups is 1. The molecule has 11 atom stereocenters. The fourth-order valence-corrected chi connectivity index (χ4v) is 12.6. The summed E-state index contributed by atoms with van der Waals surface area (Å²) in [5, 5.41) is 15.3. The second kappa shape index (κ2) is 53.3. The first-order valence-electron chi connectivity index (χ1n) is 34.8. The molecule has 0 spiro atoms. The first-order chi connectivity index (χ1) is 42.1. The van der Waals surface area contributed by atoms with Crippen molar-refractivity contribution in [1.82, 2.24) is 5.32 Å². The van der Waals surface area contributed by atoms with Crippen molar-refractivity contribution in [3.63, 3.8) is 0 Å². The summed E-state index contributed by atoms with van der Waals surface area (Å²) < 4.78 is 86.1. The Morgan fingerprint density at radius 1 is 0.460 bits per heavy atom. The molecule has 0 aliphatic carbocycles. The standard InChI is InChI=1S/C66H127NO18P2/c1-7-11-15-19-22-25-28-29-30-31-32-33-36-40-44-48-58(68)67-59-62(80-52-49-55(77-6)47-43-39-18-14-10-4)61(84-86(70,71)72)57(53-76-5)83-65(59)81-54-56-60(69)63(78-50-45-41-37-34-26-23-20-16-12-8-2)64(66(82-56)85-87(73,74)75)79-51-46-42-38-35-27-24-21-17-13-9-3/h55-57,59-66,69H,7-28,31-54H2,1-6H3,(H,67,68)(H2,70,71,72)(H2,73,74,75)/t55-,56-,57-,59-,60-,61-,62-,63+,64-,65-,66+/m1/s1. The van der Waals surface area contributed by atoms with Crippen LogP contribution in [0.25, 0.3) is 0 Å². The number of phosphoric acid groups is 2. The molecule has 21 heteroatoms. The minimum atomic E-state index is -5.23. The van der Waals surface area contributed by atoms with Crippen LogP contribution < -0.4 is 5.32 Å². The molecule has 2 aliphatic heterocycles. The van der Waals surface area contributed by atoms with E-state index in [-0.39, 0.29) is 44.9 Å². The van der Waals surface area contributed by atoms with Gasteiger partial charge in [-0.2, -0.15) is 0 Å². The molecule has 0 aromatic carbocycles. The Balaban J connectivity index is 2.41. The van der Waals surface area contributed by atoms with Crippen molar-refractivity contribution < 1.29 is 85.5 Å². The van der Waals surface area contributed by atoms with Crippen molar-refractivity contribution in [2.45, 2.75) is 358 Å². The molecule has 19 nitrogen and oxygen atoms in total. The van der Waals surface area contributed by atoms with Crippen LogP contribution in [0.3, 0.4) is 0 Å². The van der Waals surface area contributed by atoms with Crippen molar-refractivity contribution in [1.29, 1.82) is 0 Å². The van der Waals surface area contributed by atoms with Crippen LogP contribution in [0.15, 0.2) is 0 Å². The van der Waals surface area contributed by atoms with Gasteiger partial charge in [0.05, 0.1) is 19.3 Å². The van der Waals surface area contributed by atoms with E-state index in [1.807, 2.05) is 0 Å². The van der Waals surface area contributed by atoms with Gasteiger partial charge < -0.3 is 67.9 Å². The maximum absolute atomic E-state index is 14.1. The zero-order valence-corrected chi connectivity index (χ0v) is 57.1. The van der Waals surface area contributed by atoms with Crippen molar-refractivity contribution in [3.8, 4) is 11.8 Å². The number of rotatable bonds is 58. The average molecular weight is 1280 g/mol. The Morgan fingerprint density at radius 3 is 1.36 bits per heavy atom. The van der Waals surface area contributed by atoms with Crippen LogP contribution in [-0.2, 0) is 60.9 Å². The molecule has 6 N–H and O–H groups in total. The molecular weight excluding hydrogens is 1160 g/mol. The highest BCUT2D eigenvalue weighted by atomic mass is 31.2. The number of carbonyl (C=O) groups excluding carboxylic acids is 1. The van der Waals surface area contributed by atoms with Crippen molar-refractivity contribution >= 4 is 21.6 Å². The molecule has 0 aromatic rings. The fourth-order valence-electron chi connectivity index (χ4n) is 11.6.